The highest BCUT2D eigenvalue weighted by molar-refractivity contribution is 14.0. The zero-order valence-electron chi connectivity index (χ0n) is 17.3. The predicted octanol–water partition coefficient (Wildman–Crippen LogP) is 2.80. The number of ether oxygens (including phenoxy) is 1. The Morgan fingerprint density at radius 2 is 1.97 bits per heavy atom. The van der Waals surface area contributed by atoms with Crippen LogP contribution in [0.4, 0.5) is 0 Å². The maximum atomic E-state index is 5.59. The fraction of sp³-hybridized carbons (Fsp3) is 0.550. The third-order valence-electron chi connectivity index (χ3n) is 5.00. The number of thiophene rings is 1. The number of aliphatic imine (C=N–C) groups is 1. The molecule has 1 aliphatic rings. The van der Waals surface area contributed by atoms with E-state index < -0.39 is 0 Å². The molecule has 2 N–H and O–H groups in total. The summed E-state index contributed by atoms with van der Waals surface area (Å²) < 4.78 is 11.1. The van der Waals surface area contributed by atoms with Crippen molar-refractivity contribution in [1.82, 2.24) is 20.4 Å². The number of likely N-dealkylation sites (N-methyl/N-ethyl adjacent to an activating group) is 1. The molecule has 29 heavy (non-hydrogen) atoms. The molecule has 3 heterocycles. The lowest BCUT2D eigenvalue weighted by Gasteiger charge is -2.34. The van der Waals surface area contributed by atoms with Crippen molar-refractivity contribution in [2.75, 3.05) is 60.5 Å². The van der Waals surface area contributed by atoms with E-state index in [4.69, 9.17) is 9.15 Å². The molecule has 3 rings (SSSR count). The molecule has 0 saturated carbocycles. The first-order chi connectivity index (χ1) is 13.7. The fourth-order valence-corrected chi connectivity index (χ4v) is 4.27. The number of rotatable bonds is 8. The summed E-state index contributed by atoms with van der Waals surface area (Å²) in [6.45, 7) is 5.01. The Balaban J connectivity index is 0.00000300. The largest absolute Gasteiger partial charge is 0.468 e. The molecule has 0 spiro atoms. The summed E-state index contributed by atoms with van der Waals surface area (Å²) in [4.78, 5) is 10.4. The van der Waals surface area contributed by atoms with Gasteiger partial charge in [0, 0.05) is 38.1 Å². The second-order valence-electron chi connectivity index (χ2n) is 7.01. The normalized spacial score (nSPS) is 17.6. The van der Waals surface area contributed by atoms with Crippen LogP contribution in [-0.2, 0) is 4.74 Å². The van der Waals surface area contributed by atoms with Gasteiger partial charge in [0.05, 0.1) is 31.6 Å². The SMILES string of the molecule is CN=C(NCC(c1ccco1)N(C)C)NCC(c1cccs1)N1CCOCC1.I. The Morgan fingerprint density at radius 1 is 1.21 bits per heavy atom. The number of furan rings is 1. The van der Waals surface area contributed by atoms with Crippen LogP contribution >= 0.6 is 35.3 Å². The smallest absolute Gasteiger partial charge is 0.191 e. The quantitative estimate of drug-likeness (QED) is 0.309. The average Bonchev–Trinajstić information content (AvgIpc) is 3.42. The predicted molar refractivity (Wildman–Crippen MR) is 129 cm³/mol. The fourth-order valence-electron chi connectivity index (χ4n) is 3.41. The molecule has 2 aromatic heterocycles. The van der Waals surface area contributed by atoms with Crippen molar-refractivity contribution < 1.29 is 9.15 Å². The first-order valence-corrected chi connectivity index (χ1v) is 10.6. The number of nitrogens with zero attached hydrogens (tertiary/aromatic N) is 3. The van der Waals surface area contributed by atoms with Gasteiger partial charge in [-0.15, -0.1) is 35.3 Å². The number of morpholine rings is 1. The minimum absolute atomic E-state index is 0. The second-order valence-corrected chi connectivity index (χ2v) is 7.99. The molecule has 1 aliphatic heterocycles. The van der Waals surface area contributed by atoms with Gasteiger partial charge in [-0.1, -0.05) is 6.07 Å². The van der Waals surface area contributed by atoms with Gasteiger partial charge >= 0.3 is 0 Å². The van der Waals surface area contributed by atoms with Crippen LogP contribution in [0.15, 0.2) is 45.3 Å². The molecule has 0 bridgehead atoms. The van der Waals surface area contributed by atoms with E-state index in [1.165, 1.54) is 4.88 Å². The van der Waals surface area contributed by atoms with Gasteiger partial charge in [-0.25, -0.2) is 0 Å². The number of hydrogen-bond acceptors (Lipinski definition) is 6. The molecule has 7 nitrogen and oxygen atoms in total. The highest BCUT2D eigenvalue weighted by Crippen LogP contribution is 2.25. The zero-order valence-corrected chi connectivity index (χ0v) is 20.5. The number of hydrogen-bond donors (Lipinski definition) is 2. The lowest BCUT2D eigenvalue weighted by molar-refractivity contribution is 0.0177. The second kappa shape index (κ2) is 12.5. The van der Waals surface area contributed by atoms with Gasteiger partial charge < -0.3 is 19.8 Å². The van der Waals surface area contributed by atoms with E-state index in [1.807, 2.05) is 19.2 Å². The number of nitrogens with one attached hydrogen (secondary N) is 2. The summed E-state index contributed by atoms with van der Waals surface area (Å²) in [5.74, 6) is 1.74. The van der Waals surface area contributed by atoms with Gasteiger partial charge in [0.25, 0.3) is 0 Å². The van der Waals surface area contributed by atoms with E-state index in [-0.39, 0.29) is 30.0 Å². The lowest BCUT2D eigenvalue weighted by atomic mass is 10.2. The van der Waals surface area contributed by atoms with Gasteiger partial charge in [-0.3, -0.25) is 14.8 Å². The Bertz CT molecular complexity index is 703. The topological polar surface area (TPSA) is 65.3 Å². The monoisotopic (exact) mass is 533 g/mol. The van der Waals surface area contributed by atoms with Crippen molar-refractivity contribution in [1.29, 1.82) is 0 Å². The highest BCUT2D eigenvalue weighted by atomic mass is 127. The van der Waals surface area contributed by atoms with Crippen molar-refractivity contribution in [2.45, 2.75) is 12.1 Å². The van der Waals surface area contributed by atoms with Crippen LogP contribution in [-0.4, -0.2) is 76.3 Å². The first-order valence-electron chi connectivity index (χ1n) is 9.68. The van der Waals surface area contributed by atoms with E-state index in [1.54, 1.807) is 17.6 Å². The van der Waals surface area contributed by atoms with Gasteiger partial charge in [0.2, 0.25) is 0 Å². The van der Waals surface area contributed by atoms with Crippen molar-refractivity contribution in [3.05, 3.63) is 46.5 Å². The highest BCUT2D eigenvalue weighted by Gasteiger charge is 2.24. The lowest BCUT2D eigenvalue weighted by Crippen LogP contribution is -2.47. The van der Waals surface area contributed by atoms with Gasteiger partial charge in [0.15, 0.2) is 5.96 Å². The number of guanidine groups is 1. The maximum Gasteiger partial charge on any atom is 0.191 e. The first kappa shape index (κ1) is 24.1. The van der Waals surface area contributed by atoms with Crippen LogP contribution in [0.25, 0.3) is 0 Å². The molecule has 2 aromatic rings. The zero-order chi connectivity index (χ0) is 19.8. The van der Waals surface area contributed by atoms with E-state index in [2.05, 4.69) is 57.0 Å². The van der Waals surface area contributed by atoms with Crippen molar-refractivity contribution >= 4 is 41.3 Å². The van der Waals surface area contributed by atoms with Crippen LogP contribution in [0.2, 0.25) is 0 Å². The standard InChI is InChI=1S/C20H31N5O2S.HI/c1-21-20(22-14-16(24(2)3)18-6-4-10-27-18)23-15-17(19-7-5-13-28-19)25-8-11-26-12-9-25;/h4-7,10,13,16-17H,8-9,11-12,14-15H2,1-3H3,(H2,21,22,23);1H. The molecular weight excluding hydrogens is 501 g/mol. The Labute approximate surface area is 194 Å². The summed E-state index contributed by atoms with van der Waals surface area (Å²) in [5, 5.41) is 9.09. The van der Waals surface area contributed by atoms with Gasteiger partial charge in [-0.05, 0) is 37.7 Å². The Hall–Kier alpha value is -1.14. The van der Waals surface area contributed by atoms with Crippen molar-refractivity contribution in [3.8, 4) is 0 Å². The summed E-state index contributed by atoms with van der Waals surface area (Å²) in [6.07, 6.45) is 1.72. The summed E-state index contributed by atoms with van der Waals surface area (Å²) in [5.41, 5.74) is 0. The van der Waals surface area contributed by atoms with E-state index in [0.29, 0.717) is 12.6 Å². The molecule has 1 saturated heterocycles. The Kier molecular flexibility index (Phi) is 10.4. The van der Waals surface area contributed by atoms with E-state index in [9.17, 15) is 0 Å². The number of halogens is 1. The third-order valence-corrected chi connectivity index (χ3v) is 5.98. The van der Waals surface area contributed by atoms with E-state index in [0.717, 1.165) is 44.6 Å². The van der Waals surface area contributed by atoms with Crippen LogP contribution in [0, 0.1) is 0 Å². The van der Waals surface area contributed by atoms with E-state index >= 15 is 0 Å². The van der Waals surface area contributed by atoms with Gasteiger partial charge in [-0.2, -0.15) is 0 Å². The molecule has 2 unspecified atom stereocenters. The summed E-state index contributed by atoms with van der Waals surface area (Å²) >= 11 is 1.80. The minimum Gasteiger partial charge on any atom is -0.468 e. The summed E-state index contributed by atoms with van der Waals surface area (Å²) in [6, 6.07) is 8.71. The van der Waals surface area contributed by atoms with Gasteiger partial charge in [0.1, 0.15) is 5.76 Å². The van der Waals surface area contributed by atoms with Crippen molar-refractivity contribution in [2.24, 2.45) is 4.99 Å². The third kappa shape index (κ3) is 6.95. The molecule has 162 valence electrons. The molecule has 0 radical (unpaired) electrons. The molecule has 1 fully saturated rings. The van der Waals surface area contributed by atoms with Crippen LogP contribution in [0.1, 0.15) is 22.7 Å². The average molecular weight is 533 g/mol. The maximum absolute atomic E-state index is 5.59. The van der Waals surface area contributed by atoms with Crippen LogP contribution < -0.4 is 10.6 Å². The van der Waals surface area contributed by atoms with Crippen LogP contribution in [0.5, 0.6) is 0 Å². The molecule has 0 aliphatic carbocycles. The Morgan fingerprint density at radius 3 is 2.55 bits per heavy atom. The summed E-state index contributed by atoms with van der Waals surface area (Å²) in [7, 11) is 5.91. The van der Waals surface area contributed by atoms with Crippen LogP contribution in [0.3, 0.4) is 0 Å². The molecule has 0 amide bonds. The molecule has 9 heteroatoms. The van der Waals surface area contributed by atoms with Crippen molar-refractivity contribution in [3.63, 3.8) is 0 Å². The minimum atomic E-state index is 0. The molecular formula is C20H32IN5O2S. The molecule has 2 atom stereocenters. The molecule has 0 aromatic carbocycles.